The fourth-order valence-electron chi connectivity index (χ4n) is 4.98. The van der Waals surface area contributed by atoms with Crippen LogP contribution in [-0.2, 0) is 11.2 Å². The van der Waals surface area contributed by atoms with Crippen molar-refractivity contribution in [2.45, 2.75) is 57.8 Å². The van der Waals surface area contributed by atoms with Crippen molar-refractivity contribution in [2.24, 2.45) is 0 Å². The molecule has 5 rings (SSSR count). The molecule has 2 aliphatic heterocycles. The van der Waals surface area contributed by atoms with Crippen LogP contribution in [0.4, 0.5) is 11.8 Å². The maximum Gasteiger partial charge on any atom is 0.258 e. The van der Waals surface area contributed by atoms with Gasteiger partial charge in [-0.3, -0.25) is 14.6 Å². The fourth-order valence-corrected chi connectivity index (χ4v) is 4.98. The van der Waals surface area contributed by atoms with Gasteiger partial charge in [0, 0.05) is 36.7 Å². The van der Waals surface area contributed by atoms with Crippen LogP contribution in [0.25, 0.3) is 0 Å². The van der Waals surface area contributed by atoms with Crippen LogP contribution in [0.15, 0.2) is 40.3 Å². The van der Waals surface area contributed by atoms with Gasteiger partial charge in [0.25, 0.3) is 5.56 Å². The number of nitrogens with one attached hydrogen (secondary N) is 2. The standard InChI is InChI=1S/C24H28N4O2/c1-2-15-9-11-16(12-10-15)19-20-17(7-6-8-18(20)29)25-22-21(19)23(30)27-24(26-22)28-13-4-3-5-14-28/h9-12,19H,2-8,13-14H2,1H3,(H2,25,26,27,30)/t19-/m1/s1. The van der Waals surface area contributed by atoms with Gasteiger partial charge in [-0.15, -0.1) is 0 Å². The minimum Gasteiger partial charge on any atom is -0.343 e. The van der Waals surface area contributed by atoms with Crippen molar-refractivity contribution in [3.05, 3.63) is 62.6 Å². The van der Waals surface area contributed by atoms with Gasteiger partial charge in [0.15, 0.2) is 5.78 Å². The number of hydrogen-bond acceptors (Lipinski definition) is 5. The van der Waals surface area contributed by atoms with Crippen LogP contribution in [0.2, 0.25) is 0 Å². The Morgan fingerprint density at radius 2 is 1.80 bits per heavy atom. The zero-order chi connectivity index (χ0) is 20.7. The summed E-state index contributed by atoms with van der Waals surface area (Å²) in [6, 6.07) is 8.30. The van der Waals surface area contributed by atoms with Crippen LogP contribution >= 0.6 is 0 Å². The number of hydrogen-bond donors (Lipinski definition) is 2. The van der Waals surface area contributed by atoms with Crippen molar-refractivity contribution in [3.63, 3.8) is 0 Å². The summed E-state index contributed by atoms with van der Waals surface area (Å²) in [4.78, 5) is 36.3. The molecule has 1 saturated heterocycles. The number of aryl methyl sites for hydroxylation is 1. The predicted octanol–water partition coefficient (Wildman–Crippen LogP) is 3.89. The summed E-state index contributed by atoms with van der Waals surface area (Å²) in [6.45, 7) is 3.95. The average Bonchev–Trinajstić information content (AvgIpc) is 2.78. The molecule has 2 aromatic rings. The largest absolute Gasteiger partial charge is 0.343 e. The second-order valence-electron chi connectivity index (χ2n) is 8.52. The number of Topliss-reactive ketones (excluding diaryl/α,β-unsaturated/α-hetero) is 1. The number of carbonyl (C=O) groups is 1. The van der Waals surface area contributed by atoms with Crippen molar-refractivity contribution in [1.29, 1.82) is 0 Å². The van der Waals surface area contributed by atoms with E-state index in [1.165, 1.54) is 12.0 Å². The first-order chi connectivity index (χ1) is 14.7. The van der Waals surface area contributed by atoms with Crippen LogP contribution in [0, 0.1) is 0 Å². The number of rotatable bonds is 3. The van der Waals surface area contributed by atoms with Crippen LogP contribution in [0.5, 0.6) is 0 Å². The number of benzene rings is 1. The second kappa shape index (κ2) is 7.74. The summed E-state index contributed by atoms with van der Waals surface area (Å²) >= 11 is 0. The highest BCUT2D eigenvalue weighted by Gasteiger charge is 2.38. The SMILES string of the molecule is CCc1ccc([C@@H]2C3=C(CCCC3=O)Nc3nc(N4CCCCC4)[nH]c(=O)c32)cc1. The first kappa shape index (κ1) is 19.1. The topological polar surface area (TPSA) is 78.1 Å². The number of H-pyrrole nitrogens is 1. The van der Waals surface area contributed by atoms with E-state index in [9.17, 15) is 9.59 Å². The van der Waals surface area contributed by atoms with Crippen molar-refractivity contribution in [3.8, 4) is 0 Å². The Labute approximate surface area is 176 Å². The lowest BCUT2D eigenvalue weighted by Gasteiger charge is -2.34. The van der Waals surface area contributed by atoms with Crippen molar-refractivity contribution in [2.75, 3.05) is 23.3 Å². The average molecular weight is 405 g/mol. The van der Waals surface area contributed by atoms with Crippen molar-refractivity contribution >= 4 is 17.5 Å². The second-order valence-corrected chi connectivity index (χ2v) is 8.52. The maximum atomic E-state index is 13.3. The highest BCUT2D eigenvalue weighted by Crippen LogP contribution is 2.43. The molecule has 1 aromatic carbocycles. The number of aromatic nitrogens is 2. The highest BCUT2D eigenvalue weighted by atomic mass is 16.1. The van der Waals surface area contributed by atoms with E-state index in [0.717, 1.165) is 62.0 Å². The number of fused-ring (bicyclic) bond motifs is 1. The smallest absolute Gasteiger partial charge is 0.258 e. The lowest BCUT2D eigenvalue weighted by molar-refractivity contribution is -0.116. The van der Waals surface area contributed by atoms with E-state index < -0.39 is 0 Å². The summed E-state index contributed by atoms with van der Waals surface area (Å²) in [5.41, 5.74) is 4.32. The number of aromatic amines is 1. The van der Waals surface area contributed by atoms with E-state index in [2.05, 4.69) is 46.4 Å². The summed E-state index contributed by atoms with van der Waals surface area (Å²) < 4.78 is 0. The van der Waals surface area contributed by atoms with E-state index in [1.807, 2.05) is 0 Å². The van der Waals surface area contributed by atoms with Crippen LogP contribution in [0.1, 0.15) is 68.1 Å². The molecule has 0 saturated carbocycles. The summed E-state index contributed by atoms with van der Waals surface area (Å²) in [5, 5.41) is 3.37. The van der Waals surface area contributed by atoms with E-state index in [0.29, 0.717) is 23.8 Å². The lowest BCUT2D eigenvalue weighted by Crippen LogP contribution is -2.36. The number of piperidine rings is 1. The molecule has 3 heterocycles. The Bertz CT molecular complexity index is 1060. The fraction of sp³-hybridized carbons (Fsp3) is 0.458. The number of allylic oxidation sites excluding steroid dienone is 2. The molecule has 1 fully saturated rings. The first-order valence-corrected chi connectivity index (χ1v) is 11.2. The summed E-state index contributed by atoms with van der Waals surface area (Å²) in [6.07, 6.45) is 6.60. The molecule has 1 aliphatic carbocycles. The number of ketones is 1. The predicted molar refractivity (Wildman–Crippen MR) is 118 cm³/mol. The van der Waals surface area contributed by atoms with E-state index in [1.54, 1.807) is 0 Å². The third-order valence-electron chi connectivity index (χ3n) is 6.62. The zero-order valence-electron chi connectivity index (χ0n) is 17.5. The lowest BCUT2D eigenvalue weighted by atomic mass is 9.76. The van der Waals surface area contributed by atoms with Crippen molar-refractivity contribution in [1.82, 2.24) is 9.97 Å². The molecule has 6 nitrogen and oxygen atoms in total. The van der Waals surface area contributed by atoms with E-state index in [-0.39, 0.29) is 17.3 Å². The monoisotopic (exact) mass is 404 g/mol. The molecule has 156 valence electrons. The van der Waals surface area contributed by atoms with Gasteiger partial charge in [-0.25, -0.2) is 0 Å². The molecule has 1 aromatic heterocycles. The molecule has 0 unspecified atom stereocenters. The van der Waals surface area contributed by atoms with Gasteiger partial charge in [-0.1, -0.05) is 31.2 Å². The highest BCUT2D eigenvalue weighted by molar-refractivity contribution is 6.00. The van der Waals surface area contributed by atoms with Gasteiger partial charge < -0.3 is 10.2 Å². The van der Waals surface area contributed by atoms with Crippen LogP contribution in [-0.4, -0.2) is 28.8 Å². The van der Waals surface area contributed by atoms with Gasteiger partial charge in [-0.2, -0.15) is 4.98 Å². The van der Waals surface area contributed by atoms with Crippen molar-refractivity contribution < 1.29 is 4.79 Å². The third-order valence-corrected chi connectivity index (χ3v) is 6.62. The number of carbonyl (C=O) groups excluding carboxylic acids is 1. The molecule has 6 heteroatoms. The molecular weight excluding hydrogens is 376 g/mol. The Balaban J connectivity index is 1.65. The Morgan fingerprint density at radius 1 is 1.03 bits per heavy atom. The molecule has 30 heavy (non-hydrogen) atoms. The number of nitrogens with zero attached hydrogens (tertiary/aromatic N) is 2. The Hall–Kier alpha value is -2.89. The van der Waals surface area contributed by atoms with E-state index >= 15 is 0 Å². The molecule has 0 spiro atoms. The summed E-state index contributed by atoms with van der Waals surface area (Å²) in [5.74, 6) is 1.02. The van der Waals surface area contributed by atoms with Crippen LogP contribution < -0.4 is 15.8 Å². The normalized spacial score (nSPS) is 21.2. The molecule has 2 N–H and O–H groups in total. The number of anilines is 2. The molecule has 0 amide bonds. The summed E-state index contributed by atoms with van der Waals surface area (Å²) in [7, 11) is 0. The molecular formula is C24H28N4O2. The van der Waals surface area contributed by atoms with Gasteiger partial charge >= 0.3 is 0 Å². The Morgan fingerprint density at radius 3 is 2.53 bits per heavy atom. The van der Waals surface area contributed by atoms with Gasteiger partial charge in [0.2, 0.25) is 5.95 Å². The van der Waals surface area contributed by atoms with Crippen LogP contribution in [0.3, 0.4) is 0 Å². The zero-order valence-corrected chi connectivity index (χ0v) is 17.5. The first-order valence-electron chi connectivity index (χ1n) is 11.2. The Kier molecular flexibility index (Phi) is 4.93. The molecule has 0 radical (unpaired) electrons. The maximum absolute atomic E-state index is 13.3. The molecule has 3 aliphatic rings. The third kappa shape index (κ3) is 3.24. The minimum absolute atomic E-state index is 0.137. The molecule has 1 atom stereocenters. The van der Waals surface area contributed by atoms with Gasteiger partial charge in [0.05, 0.1) is 5.56 Å². The molecule has 0 bridgehead atoms. The van der Waals surface area contributed by atoms with E-state index in [4.69, 9.17) is 4.98 Å². The minimum atomic E-state index is -0.360. The quantitative estimate of drug-likeness (QED) is 0.812. The van der Waals surface area contributed by atoms with Gasteiger partial charge in [-0.05, 0) is 49.7 Å². The van der Waals surface area contributed by atoms with Gasteiger partial charge in [0.1, 0.15) is 5.82 Å².